The predicted molar refractivity (Wildman–Crippen MR) is 68.1 cm³/mol. The summed E-state index contributed by atoms with van der Waals surface area (Å²) in [6.45, 7) is 3.93. The molecule has 2 rings (SSSR count). The van der Waals surface area contributed by atoms with E-state index in [1.54, 1.807) is 6.07 Å². The number of rotatable bonds is 4. The van der Waals surface area contributed by atoms with Gasteiger partial charge in [0.2, 0.25) is 5.76 Å². The van der Waals surface area contributed by atoms with Crippen LogP contribution in [-0.2, 0) is 4.74 Å². The van der Waals surface area contributed by atoms with Crippen molar-refractivity contribution in [1.29, 1.82) is 0 Å². The summed E-state index contributed by atoms with van der Waals surface area (Å²) in [6.07, 6.45) is -0.976. The second-order valence-electron chi connectivity index (χ2n) is 4.27. The molecule has 102 valence electrons. The average molecular weight is 282 g/mol. The summed E-state index contributed by atoms with van der Waals surface area (Å²) in [4.78, 5) is 11.9. The van der Waals surface area contributed by atoms with Gasteiger partial charge in [0.1, 0.15) is 11.9 Å². The van der Waals surface area contributed by atoms with E-state index < -0.39 is 12.1 Å². The number of hydrogen-bond donors (Lipinski definition) is 1. The summed E-state index contributed by atoms with van der Waals surface area (Å²) in [5, 5.41) is 14.3. The Morgan fingerprint density at radius 2 is 2.21 bits per heavy atom. The van der Waals surface area contributed by atoms with Crippen molar-refractivity contribution in [2.45, 2.75) is 25.9 Å². The molecule has 1 N–H and O–H groups in total. The van der Waals surface area contributed by atoms with Gasteiger partial charge in [-0.1, -0.05) is 18.3 Å². The van der Waals surface area contributed by atoms with Crippen LogP contribution in [0.1, 0.15) is 52.8 Å². The van der Waals surface area contributed by atoms with E-state index in [0.29, 0.717) is 4.88 Å². The largest absolute Gasteiger partial charge is 0.463 e. The maximum atomic E-state index is 11.3. The molecule has 0 aromatic carbocycles. The van der Waals surface area contributed by atoms with E-state index in [1.165, 1.54) is 13.2 Å². The molecule has 0 fully saturated rings. The molecule has 0 aliphatic carbocycles. The Labute approximate surface area is 114 Å². The highest BCUT2D eigenvalue weighted by molar-refractivity contribution is 7.05. The molecule has 2 aromatic heterocycles. The summed E-state index contributed by atoms with van der Waals surface area (Å²) < 4.78 is 13.7. The lowest BCUT2D eigenvalue weighted by Crippen LogP contribution is -2.02. The summed E-state index contributed by atoms with van der Waals surface area (Å²) in [6, 6.07) is 3.01. The maximum Gasteiger partial charge on any atom is 0.373 e. The van der Waals surface area contributed by atoms with E-state index in [9.17, 15) is 9.90 Å². The molecular formula is C12H14N2O4S. The van der Waals surface area contributed by atoms with Crippen LogP contribution in [0.25, 0.3) is 0 Å². The molecule has 2 heterocycles. The van der Waals surface area contributed by atoms with Gasteiger partial charge in [0.25, 0.3) is 0 Å². The molecule has 0 amide bonds. The van der Waals surface area contributed by atoms with E-state index in [2.05, 4.69) is 14.3 Å². The zero-order chi connectivity index (χ0) is 14.0. The van der Waals surface area contributed by atoms with Gasteiger partial charge >= 0.3 is 5.97 Å². The monoisotopic (exact) mass is 282 g/mol. The third-order valence-electron chi connectivity index (χ3n) is 2.62. The molecule has 0 radical (unpaired) electrons. The van der Waals surface area contributed by atoms with Gasteiger partial charge in [0, 0.05) is 0 Å². The van der Waals surface area contributed by atoms with Crippen molar-refractivity contribution < 1.29 is 19.1 Å². The van der Waals surface area contributed by atoms with E-state index in [4.69, 9.17) is 4.42 Å². The van der Waals surface area contributed by atoms with Crippen molar-refractivity contribution in [3.63, 3.8) is 0 Å². The fraction of sp³-hybridized carbons (Fsp3) is 0.417. The quantitative estimate of drug-likeness (QED) is 0.864. The Balaban J connectivity index is 2.28. The van der Waals surface area contributed by atoms with Gasteiger partial charge in [-0.2, -0.15) is 0 Å². The molecule has 0 aliphatic rings. The standard InChI is InChI=1S/C12H14N2O4S/c1-6(2)9-11(19-14-13-9)10(15)7-4-5-8(18-7)12(16)17-3/h4-6,10,15H,1-3H3. The van der Waals surface area contributed by atoms with E-state index in [0.717, 1.165) is 17.2 Å². The fourth-order valence-electron chi connectivity index (χ4n) is 1.63. The van der Waals surface area contributed by atoms with Gasteiger partial charge in [0.15, 0.2) is 0 Å². The minimum absolute atomic E-state index is 0.0557. The number of esters is 1. The molecule has 2 aromatic rings. The molecule has 0 saturated carbocycles. The van der Waals surface area contributed by atoms with Crippen LogP contribution in [-0.4, -0.2) is 27.8 Å². The lowest BCUT2D eigenvalue weighted by Gasteiger charge is -2.08. The molecule has 6 nitrogen and oxygen atoms in total. The Morgan fingerprint density at radius 1 is 1.47 bits per heavy atom. The predicted octanol–water partition coefficient (Wildman–Crippen LogP) is 2.12. The maximum absolute atomic E-state index is 11.3. The summed E-state index contributed by atoms with van der Waals surface area (Å²) >= 11 is 1.12. The van der Waals surface area contributed by atoms with Crippen LogP contribution in [0, 0.1) is 0 Å². The van der Waals surface area contributed by atoms with Crippen molar-refractivity contribution >= 4 is 17.5 Å². The molecule has 1 unspecified atom stereocenters. The number of ether oxygens (including phenoxy) is 1. The molecule has 7 heteroatoms. The third kappa shape index (κ3) is 2.66. The van der Waals surface area contributed by atoms with Gasteiger partial charge in [-0.15, -0.1) is 5.10 Å². The topological polar surface area (TPSA) is 85.5 Å². The Kier molecular flexibility index (Phi) is 3.96. The van der Waals surface area contributed by atoms with Crippen molar-refractivity contribution in [3.8, 4) is 0 Å². The van der Waals surface area contributed by atoms with E-state index >= 15 is 0 Å². The number of hydrogen-bond acceptors (Lipinski definition) is 7. The van der Waals surface area contributed by atoms with Gasteiger partial charge in [0.05, 0.1) is 17.7 Å². The fourth-order valence-corrected chi connectivity index (χ4v) is 2.44. The van der Waals surface area contributed by atoms with E-state index in [1.807, 2.05) is 13.8 Å². The van der Waals surface area contributed by atoms with Crippen LogP contribution >= 0.6 is 11.5 Å². The molecule has 0 saturated heterocycles. The Bertz CT molecular complexity index is 576. The lowest BCUT2D eigenvalue weighted by atomic mass is 10.1. The minimum atomic E-state index is -0.976. The molecule has 0 bridgehead atoms. The van der Waals surface area contributed by atoms with Crippen molar-refractivity contribution in [1.82, 2.24) is 9.59 Å². The molecule has 0 spiro atoms. The summed E-state index contributed by atoms with van der Waals surface area (Å²) in [7, 11) is 1.27. The highest BCUT2D eigenvalue weighted by Gasteiger charge is 2.24. The van der Waals surface area contributed by atoms with Crippen molar-refractivity contribution in [2.24, 2.45) is 0 Å². The van der Waals surface area contributed by atoms with Crippen molar-refractivity contribution in [2.75, 3.05) is 7.11 Å². The smallest absolute Gasteiger partial charge is 0.373 e. The van der Waals surface area contributed by atoms with Gasteiger partial charge in [-0.05, 0) is 29.6 Å². The highest BCUT2D eigenvalue weighted by atomic mass is 32.1. The van der Waals surface area contributed by atoms with Crippen LogP contribution in [0.3, 0.4) is 0 Å². The SMILES string of the molecule is COC(=O)c1ccc(C(O)c2snnc2C(C)C)o1. The first-order valence-corrected chi connectivity index (χ1v) is 6.50. The number of carbonyl (C=O) groups excluding carboxylic acids is 1. The number of aromatic nitrogens is 2. The van der Waals surface area contributed by atoms with Crippen LogP contribution < -0.4 is 0 Å². The van der Waals surface area contributed by atoms with Crippen LogP contribution in [0.5, 0.6) is 0 Å². The van der Waals surface area contributed by atoms with Crippen LogP contribution in [0.2, 0.25) is 0 Å². The number of aliphatic hydroxyl groups excluding tert-OH is 1. The first-order chi connectivity index (χ1) is 9.04. The van der Waals surface area contributed by atoms with E-state index in [-0.39, 0.29) is 17.4 Å². The highest BCUT2D eigenvalue weighted by Crippen LogP contribution is 2.31. The molecular weight excluding hydrogens is 268 g/mol. The molecule has 0 aliphatic heterocycles. The zero-order valence-electron chi connectivity index (χ0n) is 10.8. The van der Waals surface area contributed by atoms with Gasteiger partial charge < -0.3 is 14.3 Å². The summed E-state index contributed by atoms with van der Waals surface area (Å²) in [5.74, 6) is -0.100. The third-order valence-corrected chi connectivity index (χ3v) is 3.41. The number of nitrogens with zero attached hydrogens (tertiary/aromatic N) is 2. The van der Waals surface area contributed by atoms with Crippen LogP contribution in [0.15, 0.2) is 16.5 Å². The average Bonchev–Trinajstić information content (AvgIpc) is 3.05. The first-order valence-electron chi connectivity index (χ1n) is 5.72. The van der Waals surface area contributed by atoms with Crippen LogP contribution in [0.4, 0.5) is 0 Å². The molecule has 1 atom stereocenters. The number of aliphatic hydroxyl groups is 1. The number of furan rings is 1. The van der Waals surface area contributed by atoms with Crippen molar-refractivity contribution in [3.05, 3.63) is 34.2 Å². The Morgan fingerprint density at radius 3 is 2.84 bits per heavy atom. The Hall–Kier alpha value is -1.73. The second kappa shape index (κ2) is 5.50. The number of carbonyl (C=O) groups is 1. The minimum Gasteiger partial charge on any atom is -0.463 e. The number of methoxy groups -OCH3 is 1. The lowest BCUT2D eigenvalue weighted by molar-refractivity contribution is 0.0558. The normalized spacial score (nSPS) is 12.7. The summed E-state index contributed by atoms with van der Waals surface area (Å²) in [5.41, 5.74) is 0.730. The van der Waals surface area contributed by atoms with Gasteiger partial charge in [-0.3, -0.25) is 0 Å². The first kappa shape index (κ1) is 13.7. The van der Waals surface area contributed by atoms with Gasteiger partial charge in [-0.25, -0.2) is 4.79 Å². The second-order valence-corrected chi connectivity index (χ2v) is 5.06. The zero-order valence-corrected chi connectivity index (χ0v) is 11.6. The molecule has 19 heavy (non-hydrogen) atoms.